The van der Waals surface area contributed by atoms with Crippen LogP contribution in [0.15, 0.2) is 18.2 Å². The number of ether oxygens (including phenoxy) is 2. The number of rotatable bonds is 7. The standard InChI is InChI=1S/C16H23NO3/c1-2-3-4-6-12(11-15(17)18)13-7-5-8-14-16(13)20-10-9-19-14/h5,7-8,12H,2-4,6,9-11H2,1H3,(H2,17,18). The Kier molecular flexibility index (Phi) is 5.27. The Balaban J connectivity index is 2.20. The minimum Gasteiger partial charge on any atom is -0.486 e. The first-order chi connectivity index (χ1) is 9.72. The number of benzene rings is 1. The van der Waals surface area contributed by atoms with Crippen LogP contribution in [0.4, 0.5) is 0 Å². The van der Waals surface area contributed by atoms with Crippen LogP contribution in [-0.2, 0) is 4.79 Å². The molecule has 0 spiro atoms. The third kappa shape index (κ3) is 3.65. The largest absolute Gasteiger partial charge is 0.486 e. The summed E-state index contributed by atoms with van der Waals surface area (Å²) >= 11 is 0. The van der Waals surface area contributed by atoms with Gasteiger partial charge in [0.15, 0.2) is 11.5 Å². The van der Waals surface area contributed by atoms with Gasteiger partial charge in [-0.15, -0.1) is 0 Å². The molecular formula is C16H23NO3. The van der Waals surface area contributed by atoms with E-state index in [0.717, 1.165) is 36.3 Å². The molecule has 1 unspecified atom stereocenters. The van der Waals surface area contributed by atoms with Gasteiger partial charge >= 0.3 is 0 Å². The lowest BCUT2D eigenvalue weighted by Crippen LogP contribution is -2.19. The molecule has 1 atom stereocenters. The molecule has 0 fully saturated rings. The van der Waals surface area contributed by atoms with Gasteiger partial charge in [0.1, 0.15) is 13.2 Å². The van der Waals surface area contributed by atoms with Crippen molar-refractivity contribution in [1.29, 1.82) is 0 Å². The van der Waals surface area contributed by atoms with Gasteiger partial charge in [-0.25, -0.2) is 0 Å². The molecule has 4 heteroatoms. The number of carbonyl (C=O) groups excluding carboxylic acids is 1. The van der Waals surface area contributed by atoms with E-state index in [-0.39, 0.29) is 11.8 Å². The highest BCUT2D eigenvalue weighted by Gasteiger charge is 2.23. The van der Waals surface area contributed by atoms with Crippen LogP contribution in [0, 0.1) is 0 Å². The summed E-state index contributed by atoms with van der Waals surface area (Å²) in [5, 5.41) is 0. The summed E-state index contributed by atoms with van der Waals surface area (Å²) in [6.07, 6.45) is 4.75. The summed E-state index contributed by atoms with van der Waals surface area (Å²) in [5.74, 6) is 1.43. The van der Waals surface area contributed by atoms with Crippen molar-refractivity contribution in [3.05, 3.63) is 23.8 Å². The molecule has 0 saturated heterocycles. The molecule has 1 heterocycles. The predicted molar refractivity (Wildman–Crippen MR) is 78.1 cm³/mol. The lowest BCUT2D eigenvalue weighted by atomic mass is 9.89. The number of nitrogens with two attached hydrogens (primary N) is 1. The first-order valence-corrected chi connectivity index (χ1v) is 7.39. The highest BCUT2D eigenvalue weighted by atomic mass is 16.6. The van der Waals surface area contributed by atoms with Crippen LogP contribution in [0.5, 0.6) is 11.5 Å². The van der Waals surface area contributed by atoms with Gasteiger partial charge in [0.05, 0.1) is 0 Å². The van der Waals surface area contributed by atoms with Crippen molar-refractivity contribution >= 4 is 5.91 Å². The molecule has 2 N–H and O–H groups in total. The minimum atomic E-state index is -0.263. The Hall–Kier alpha value is -1.71. The Bertz CT molecular complexity index is 459. The SMILES string of the molecule is CCCCCC(CC(N)=O)c1cccc2c1OCCO2. The van der Waals surface area contributed by atoms with Gasteiger partial charge in [-0.1, -0.05) is 38.3 Å². The van der Waals surface area contributed by atoms with E-state index in [2.05, 4.69) is 6.92 Å². The molecule has 1 amide bonds. The monoisotopic (exact) mass is 277 g/mol. The molecule has 0 aromatic heterocycles. The van der Waals surface area contributed by atoms with Gasteiger partial charge in [-0.2, -0.15) is 0 Å². The maximum Gasteiger partial charge on any atom is 0.218 e. The quantitative estimate of drug-likeness (QED) is 0.779. The second-order valence-corrected chi connectivity index (χ2v) is 5.23. The van der Waals surface area contributed by atoms with Crippen LogP contribution in [0.1, 0.15) is 50.5 Å². The van der Waals surface area contributed by atoms with Gasteiger partial charge in [-0.05, 0) is 18.4 Å². The van der Waals surface area contributed by atoms with Crippen LogP contribution >= 0.6 is 0 Å². The highest BCUT2D eigenvalue weighted by molar-refractivity contribution is 5.75. The fraction of sp³-hybridized carbons (Fsp3) is 0.562. The van der Waals surface area contributed by atoms with Crippen molar-refractivity contribution < 1.29 is 14.3 Å². The summed E-state index contributed by atoms with van der Waals surface area (Å²) in [5.41, 5.74) is 6.45. The van der Waals surface area contributed by atoms with E-state index in [9.17, 15) is 4.79 Å². The lowest BCUT2D eigenvalue weighted by Gasteiger charge is -2.25. The number of amides is 1. The van der Waals surface area contributed by atoms with Crippen molar-refractivity contribution in [2.75, 3.05) is 13.2 Å². The Morgan fingerprint density at radius 1 is 1.30 bits per heavy atom. The Morgan fingerprint density at radius 2 is 2.10 bits per heavy atom. The molecule has 20 heavy (non-hydrogen) atoms. The normalized spacial score (nSPS) is 14.8. The van der Waals surface area contributed by atoms with Gasteiger partial charge in [0.25, 0.3) is 0 Å². The molecule has 2 rings (SSSR count). The van der Waals surface area contributed by atoms with Gasteiger partial charge in [0.2, 0.25) is 5.91 Å². The third-order valence-electron chi connectivity index (χ3n) is 3.64. The summed E-state index contributed by atoms with van der Waals surface area (Å²) in [6, 6.07) is 5.88. The summed E-state index contributed by atoms with van der Waals surface area (Å²) in [4.78, 5) is 11.3. The number of carbonyl (C=O) groups is 1. The maximum atomic E-state index is 11.3. The number of unbranched alkanes of at least 4 members (excludes halogenated alkanes) is 2. The van der Waals surface area contributed by atoms with Crippen molar-refractivity contribution in [3.63, 3.8) is 0 Å². The Labute approximate surface area is 120 Å². The fourth-order valence-corrected chi connectivity index (χ4v) is 2.67. The van der Waals surface area contributed by atoms with Crippen LogP contribution in [0.25, 0.3) is 0 Å². The van der Waals surface area contributed by atoms with E-state index in [0.29, 0.717) is 19.6 Å². The van der Waals surface area contributed by atoms with E-state index >= 15 is 0 Å². The van der Waals surface area contributed by atoms with E-state index < -0.39 is 0 Å². The van der Waals surface area contributed by atoms with Gasteiger partial charge < -0.3 is 15.2 Å². The summed E-state index contributed by atoms with van der Waals surface area (Å²) < 4.78 is 11.4. The second-order valence-electron chi connectivity index (χ2n) is 5.23. The van der Waals surface area contributed by atoms with Crippen LogP contribution in [0.3, 0.4) is 0 Å². The molecule has 1 aliphatic heterocycles. The molecule has 0 bridgehead atoms. The van der Waals surface area contributed by atoms with Crippen LogP contribution in [0.2, 0.25) is 0 Å². The fourth-order valence-electron chi connectivity index (χ4n) is 2.67. The molecule has 4 nitrogen and oxygen atoms in total. The number of primary amides is 1. The zero-order valence-electron chi connectivity index (χ0n) is 12.1. The maximum absolute atomic E-state index is 11.3. The third-order valence-corrected chi connectivity index (χ3v) is 3.64. The zero-order chi connectivity index (χ0) is 14.4. The zero-order valence-corrected chi connectivity index (χ0v) is 12.1. The number of hydrogen-bond donors (Lipinski definition) is 1. The molecule has 0 saturated carbocycles. The highest BCUT2D eigenvalue weighted by Crippen LogP contribution is 2.40. The van der Waals surface area contributed by atoms with E-state index in [1.807, 2.05) is 18.2 Å². The molecule has 0 radical (unpaired) electrons. The summed E-state index contributed by atoms with van der Waals surface area (Å²) in [6.45, 7) is 3.31. The average Bonchev–Trinajstić information content (AvgIpc) is 2.45. The van der Waals surface area contributed by atoms with E-state index in [1.165, 1.54) is 6.42 Å². The van der Waals surface area contributed by atoms with Crippen molar-refractivity contribution in [1.82, 2.24) is 0 Å². The number of para-hydroxylation sites is 1. The topological polar surface area (TPSA) is 61.6 Å². The Morgan fingerprint density at radius 3 is 2.85 bits per heavy atom. The number of fused-ring (bicyclic) bond motifs is 1. The lowest BCUT2D eigenvalue weighted by molar-refractivity contribution is -0.118. The number of hydrogen-bond acceptors (Lipinski definition) is 3. The molecule has 0 aliphatic carbocycles. The first-order valence-electron chi connectivity index (χ1n) is 7.39. The molecule has 1 aromatic carbocycles. The van der Waals surface area contributed by atoms with Gasteiger partial charge in [-0.3, -0.25) is 4.79 Å². The minimum absolute atomic E-state index is 0.121. The second kappa shape index (κ2) is 7.17. The van der Waals surface area contributed by atoms with Crippen LogP contribution < -0.4 is 15.2 Å². The smallest absolute Gasteiger partial charge is 0.218 e. The molecule has 1 aromatic rings. The molecular weight excluding hydrogens is 254 g/mol. The van der Waals surface area contributed by atoms with Crippen molar-refractivity contribution in [2.45, 2.75) is 44.9 Å². The van der Waals surface area contributed by atoms with Crippen LogP contribution in [-0.4, -0.2) is 19.1 Å². The summed E-state index contributed by atoms with van der Waals surface area (Å²) in [7, 11) is 0. The molecule has 1 aliphatic rings. The van der Waals surface area contributed by atoms with Crippen molar-refractivity contribution in [2.24, 2.45) is 5.73 Å². The predicted octanol–water partition coefficient (Wildman–Crippen LogP) is 3.00. The van der Waals surface area contributed by atoms with Gasteiger partial charge in [0, 0.05) is 12.0 Å². The van der Waals surface area contributed by atoms with E-state index in [1.54, 1.807) is 0 Å². The first kappa shape index (κ1) is 14.7. The van der Waals surface area contributed by atoms with Crippen molar-refractivity contribution in [3.8, 4) is 11.5 Å². The average molecular weight is 277 g/mol. The molecule has 110 valence electrons. The van der Waals surface area contributed by atoms with E-state index in [4.69, 9.17) is 15.2 Å².